The molecule has 0 aromatic carbocycles. The van der Waals surface area contributed by atoms with Gasteiger partial charge in [-0.3, -0.25) is 0 Å². The maximum atomic E-state index is 11.4. The molecule has 1 unspecified atom stereocenters. The molecule has 22 heavy (non-hydrogen) atoms. The van der Waals surface area contributed by atoms with E-state index in [2.05, 4.69) is 20.3 Å². The third-order valence-electron chi connectivity index (χ3n) is 2.87. The highest BCUT2D eigenvalue weighted by molar-refractivity contribution is 7.90. The molecular formula is C13H13ClN4O3S. The van der Waals surface area contributed by atoms with Crippen LogP contribution in [0.15, 0.2) is 29.7 Å². The number of carbonyl (C=O) groups excluding carboxylic acids is 1. The molecule has 0 aliphatic rings. The number of sulfone groups is 1. The van der Waals surface area contributed by atoms with Crippen molar-refractivity contribution in [2.45, 2.75) is 17.9 Å². The second-order valence-corrected chi connectivity index (χ2v) is 6.95. The molecule has 0 saturated heterocycles. The number of pyridine rings is 1. The van der Waals surface area contributed by atoms with Gasteiger partial charge in [0, 0.05) is 17.7 Å². The van der Waals surface area contributed by atoms with E-state index in [0.717, 1.165) is 12.5 Å². The van der Waals surface area contributed by atoms with Gasteiger partial charge in [-0.2, -0.15) is 0 Å². The second kappa shape index (κ2) is 6.37. The van der Waals surface area contributed by atoms with E-state index >= 15 is 0 Å². The van der Waals surface area contributed by atoms with Gasteiger partial charge in [-0.15, -0.1) is 0 Å². The number of hydrogen-bond acceptors (Lipinski definition) is 7. The Labute approximate surface area is 132 Å². The molecule has 0 radical (unpaired) electrons. The molecular weight excluding hydrogens is 328 g/mol. The quantitative estimate of drug-likeness (QED) is 0.655. The molecule has 0 bridgehead atoms. The van der Waals surface area contributed by atoms with Crippen LogP contribution >= 0.6 is 11.6 Å². The van der Waals surface area contributed by atoms with Crippen molar-refractivity contribution < 1.29 is 13.2 Å². The van der Waals surface area contributed by atoms with Gasteiger partial charge >= 0.3 is 0 Å². The monoisotopic (exact) mass is 340 g/mol. The largest absolute Gasteiger partial charge is 0.339 e. The van der Waals surface area contributed by atoms with Gasteiger partial charge in [0.15, 0.2) is 14.9 Å². The number of aldehydes is 1. The Bertz CT molecular complexity index is 793. The lowest BCUT2D eigenvalue weighted by Crippen LogP contribution is -2.06. The summed E-state index contributed by atoms with van der Waals surface area (Å²) in [5, 5.41) is 3.11. The predicted molar refractivity (Wildman–Crippen MR) is 82.2 cm³/mol. The van der Waals surface area contributed by atoms with Crippen LogP contribution in [0, 0.1) is 0 Å². The van der Waals surface area contributed by atoms with Gasteiger partial charge in [0.05, 0.1) is 11.9 Å². The third kappa shape index (κ3) is 3.58. The number of rotatable bonds is 5. The van der Waals surface area contributed by atoms with Crippen molar-refractivity contribution in [3.05, 3.63) is 35.4 Å². The number of nitrogens with one attached hydrogen (secondary N) is 1. The minimum Gasteiger partial charge on any atom is -0.339 e. The summed E-state index contributed by atoms with van der Waals surface area (Å²) in [6, 6.07) is 2.93. The molecule has 0 aliphatic carbocycles. The summed E-state index contributed by atoms with van der Waals surface area (Å²) < 4.78 is 22.7. The van der Waals surface area contributed by atoms with Crippen LogP contribution in [-0.2, 0) is 14.6 Å². The van der Waals surface area contributed by atoms with Crippen LogP contribution in [0.1, 0.15) is 18.4 Å². The van der Waals surface area contributed by atoms with Crippen molar-refractivity contribution in [2.75, 3.05) is 11.6 Å². The zero-order chi connectivity index (χ0) is 16.3. The molecule has 9 heteroatoms. The number of carbonyl (C=O) groups is 1. The van der Waals surface area contributed by atoms with Gasteiger partial charge < -0.3 is 10.1 Å². The molecule has 2 aromatic heterocycles. The van der Waals surface area contributed by atoms with Crippen molar-refractivity contribution in [1.29, 1.82) is 0 Å². The molecule has 1 atom stereocenters. The van der Waals surface area contributed by atoms with Crippen molar-refractivity contribution >= 4 is 39.2 Å². The average molecular weight is 341 g/mol. The van der Waals surface area contributed by atoms with Crippen LogP contribution in [0.2, 0.25) is 5.15 Å². The molecule has 0 fully saturated rings. The molecule has 2 aromatic rings. The summed E-state index contributed by atoms with van der Waals surface area (Å²) in [5.74, 6) is -0.118. The van der Waals surface area contributed by atoms with Gasteiger partial charge in [-0.05, 0) is 12.1 Å². The topological polar surface area (TPSA) is 102 Å². The van der Waals surface area contributed by atoms with Crippen molar-refractivity contribution in [2.24, 2.45) is 0 Å². The third-order valence-corrected chi connectivity index (χ3v) is 4.18. The fourth-order valence-corrected chi connectivity index (χ4v) is 2.62. The molecule has 0 saturated carbocycles. The standard InChI is InChI=1S/C13H13ClN4O3S/c1-8(6-19)11-12(14)16-7-17-13(11)18-9-3-4-10(15-5-9)22(2,20)21/h3-8H,1-2H3,(H,16,17,18). The summed E-state index contributed by atoms with van der Waals surface area (Å²) in [6.07, 6.45) is 4.45. The Hall–Kier alpha value is -2.06. The zero-order valence-electron chi connectivity index (χ0n) is 11.8. The first kappa shape index (κ1) is 16.3. The Morgan fingerprint density at radius 1 is 1.27 bits per heavy atom. The molecule has 2 rings (SSSR count). The fraction of sp³-hybridized carbons (Fsp3) is 0.231. The predicted octanol–water partition coefficient (Wildman–Crippen LogP) is 1.97. The smallest absolute Gasteiger partial charge is 0.192 e. The van der Waals surface area contributed by atoms with E-state index in [4.69, 9.17) is 11.6 Å². The van der Waals surface area contributed by atoms with Gasteiger partial charge in [0.1, 0.15) is 23.6 Å². The molecule has 0 spiro atoms. The highest BCUT2D eigenvalue weighted by Gasteiger charge is 2.17. The van der Waals surface area contributed by atoms with Gasteiger partial charge in [-0.1, -0.05) is 18.5 Å². The lowest BCUT2D eigenvalue weighted by molar-refractivity contribution is -0.108. The average Bonchev–Trinajstić information content (AvgIpc) is 2.46. The Kier molecular flexibility index (Phi) is 4.72. The van der Waals surface area contributed by atoms with Crippen LogP contribution in [-0.4, -0.2) is 35.9 Å². The minimum atomic E-state index is -3.36. The maximum Gasteiger partial charge on any atom is 0.192 e. The first-order valence-electron chi connectivity index (χ1n) is 6.21. The van der Waals surface area contributed by atoms with E-state index in [1.165, 1.54) is 18.6 Å². The molecule has 0 aliphatic heterocycles. The van der Waals surface area contributed by atoms with E-state index < -0.39 is 15.8 Å². The van der Waals surface area contributed by atoms with Crippen LogP contribution < -0.4 is 5.32 Å². The second-order valence-electron chi connectivity index (χ2n) is 4.63. The number of aromatic nitrogens is 3. The van der Waals surface area contributed by atoms with E-state index in [0.29, 0.717) is 17.1 Å². The highest BCUT2D eigenvalue weighted by Crippen LogP contribution is 2.29. The number of halogens is 1. The first-order valence-corrected chi connectivity index (χ1v) is 8.48. The van der Waals surface area contributed by atoms with Crippen molar-refractivity contribution in [1.82, 2.24) is 15.0 Å². The molecule has 7 nitrogen and oxygen atoms in total. The lowest BCUT2D eigenvalue weighted by atomic mass is 10.1. The number of hydrogen-bond donors (Lipinski definition) is 1. The first-order chi connectivity index (χ1) is 10.3. The molecule has 2 heterocycles. The fourth-order valence-electron chi connectivity index (χ4n) is 1.76. The van der Waals surface area contributed by atoms with E-state index in [1.54, 1.807) is 13.0 Å². The van der Waals surface area contributed by atoms with Crippen LogP contribution in [0.4, 0.5) is 11.5 Å². The van der Waals surface area contributed by atoms with Gasteiger partial charge in [-0.25, -0.2) is 23.4 Å². The normalized spacial score (nSPS) is 12.7. The molecule has 1 N–H and O–H groups in total. The van der Waals surface area contributed by atoms with Crippen LogP contribution in [0.3, 0.4) is 0 Å². The van der Waals surface area contributed by atoms with Gasteiger partial charge in [0.25, 0.3) is 0 Å². The summed E-state index contributed by atoms with van der Waals surface area (Å²) in [6.45, 7) is 1.67. The van der Waals surface area contributed by atoms with Gasteiger partial charge in [0.2, 0.25) is 0 Å². The SMILES string of the molecule is CC(C=O)c1c(Cl)ncnc1Nc1ccc(S(C)(=O)=O)nc1. The number of nitrogens with zero attached hydrogens (tertiary/aromatic N) is 3. The minimum absolute atomic E-state index is 0.0275. The van der Waals surface area contributed by atoms with Crippen molar-refractivity contribution in [3.8, 4) is 0 Å². The zero-order valence-corrected chi connectivity index (χ0v) is 13.4. The maximum absolute atomic E-state index is 11.4. The molecule has 0 amide bonds. The summed E-state index contributed by atoms with van der Waals surface area (Å²) >= 11 is 6.01. The van der Waals surface area contributed by atoms with E-state index in [-0.39, 0.29) is 10.2 Å². The highest BCUT2D eigenvalue weighted by atomic mass is 35.5. The number of anilines is 2. The van der Waals surface area contributed by atoms with Crippen LogP contribution in [0.25, 0.3) is 0 Å². The Morgan fingerprint density at radius 3 is 2.55 bits per heavy atom. The summed E-state index contributed by atoms with van der Waals surface area (Å²) in [4.78, 5) is 22.8. The Balaban J connectivity index is 2.35. The van der Waals surface area contributed by atoms with Crippen LogP contribution in [0.5, 0.6) is 0 Å². The van der Waals surface area contributed by atoms with E-state index in [1.807, 2.05) is 0 Å². The van der Waals surface area contributed by atoms with E-state index in [9.17, 15) is 13.2 Å². The summed E-state index contributed by atoms with van der Waals surface area (Å²) in [7, 11) is -3.36. The summed E-state index contributed by atoms with van der Waals surface area (Å²) in [5.41, 5.74) is 0.980. The van der Waals surface area contributed by atoms with Crippen molar-refractivity contribution in [3.63, 3.8) is 0 Å². The Morgan fingerprint density at radius 2 is 2.00 bits per heavy atom. The molecule has 116 valence electrons. The lowest BCUT2D eigenvalue weighted by Gasteiger charge is -2.13.